The first-order valence-corrected chi connectivity index (χ1v) is 6.24. The maximum Gasteiger partial charge on any atom is 0.303 e. The summed E-state index contributed by atoms with van der Waals surface area (Å²) in [6, 6.07) is 5.27. The van der Waals surface area contributed by atoms with Gasteiger partial charge in [-0.3, -0.25) is 14.4 Å². The molecule has 0 saturated heterocycles. The van der Waals surface area contributed by atoms with E-state index in [0.717, 1.165) is 18.4 Å². The van der Waals surface area contributed by atoms with Crippen molar-refractivity contribution >= 4 is 23.3 Å². The zero-order valence-electron chi connectivity index (χ0n) is 10.4. The van der Waals surface area contributed by atoms with Gasteiger partial charge in [0.25, 0.3) is 0 Å². The normalized spacial score (nSPS) is 13.8. The van der Waals surface area contributed by atoms with E-state index in [2.05, 4.69) is 5.32 Å². The Morgan fingerprint density at radius 1 is 1.21 bits per heavy atom. The number of benzene rings is 1. The molecule has 2 N–H and O–H groups in total. The van der Waals surface area contributed by atoms with E-state index in [4.69, 9.17) is 5.11 Å². The highest BCUT2D eigenvalue weighted by atomic mass is 16.4. The van der Waals surface area contributed by atoms with E-state index in [1.807, 2.05) is 6.07 Å². The molecule has 1 aliphatic carbocycles. The van der Waals surface area contributed by atoms with Crippen LogP contribution in [0.25, 0.3) is 0 Å². The molecule has 1 aliphatic rings. The quantitative estimate of drug-likeness (QED) is 0.868. The summed E-state index contributed by atoms with van der Waals surface area (Å²) in [5.41, 5.74) is 2.23. The molecule has 5 nitrogen and oxygen atoms in total. The number of rotatable bonds is 4. The Hall–Kier alpha value is -2.17. The molecule has 0 saturated carbocycles. The molecule has 0 aliphatic heterocycles. The monoisotopic (exact) mass is 261 g/mol. The van der Waals surface area contributed by atoms with Crippen LogP contribution >= 0.6 is 0 Å². The Balaban J connectivity index is 2.05. The summed E-state index contributed by atoms with van der Waals surface area (Å²) in [6.07, 6.45) is 2.03. The van der Waals surface area contributed by atoms with Crippen LogP contribution in [-0.4, -0.2) is 22.8 Å². The number of amides is 1. The zero-order valence-corrected chi connectivity index (χ0v) is 10.4. The summed E-state index contributed by atoms with van der Waals surface area (Å²) in [5, 5.41) is 11.1. The first-order chi connectivity index (χ1) is 9.06. The van der Waals surface area contributed by atoms with Crippen LogP contribution in [0.1, 0.15) is 41.6 Å². The van der Waals surface area contributed by atoms with E-state index in [0.29, 0.717) is 17.7 Å². The average molecular weight is 261 g/mol. The number of hydrogen-bond donors (Lipinski definition) is 2. The molecule has 0 spiro atoms. The van der Waals surface area contributed by atoms with Crippen LogP contribution in [-0.2, 0) is 16.0 Å². The molecule has 100 valence electrons. The lowest BCUT2D eigenvalue weighted by Crippen LogP contribution is -2.15. The number of carbonyl (C=O) groups is 3. The average Bonchev–Trinajstić information content (AvgIpc) is 2.37. The fraction of sp³-hybridized carbons (Fsp3) is 0.357. The topological polar surface area (TPSA) is 83.5 Å². The van der Waals surface area contributed by atoms with Crippen LogP contribution in [0.5, 0.6) is 0 Å². The third-order valence-corrected chi connectivity index (χ3v) is 3.11. The number of carbonyl (C=O) groups excluding carboxylic acids is 2. The van der Waals surface area contributed by atoms with Gasteiger partial charge in [0.1, 0.15) is 0 Å². The maximum absolute atomic E-state index is 11.7. The molecule has 0 aromatic heterocycles. The van der Waals surface area contributed by atoms with Gasteiger partial charge in [0.2, 0.25) is 5.91 Å². The van der Waals surface area contributed by atoms with Gasteiger partial charge in [0, 0.05) is 24.1 Å². The number of nitrogens with one attached hydrogen (secondary N) is 1. The highest BCUT2D eigenvalue weighted by Crippen LogP contribution is 2.24. The number of Topliss-reactive ketones (excluding diaryl/α,β-unsaturated/α-hetero) is 1. The van der Waals surface area contributed by atoms with E-state index >= 15 is 0 Å². The third-order valence-electron chi connectivity index (χ3n) is 3.11. The van der Waals surface area contributed by atoms with E-state index in [-0.39, 0.29) is 24.5 Å². The van der Waals surface area contributed by atoms with Crippen molar-refractivity contribution in [3.05, 3.63) is 29.3 Å². The number of hydrogen-bond acceptors (Lipinski definition) is 3. The second-order valence-corrected chi connectivity index (χ2v) is 4.59. The first-order valence-electron chi connectivity index (χ1n) is 6.24. The summed E-state index contributed by atoms with van der Waals surface area (Å²) in [4.78, 5) is 33.6. The first kappa shape index (κ1) is 13.3. The fourth-order valence-electron chi connectivity index (χ4n) is 2.15. The molecule has 0 unspecified atom stereocenters. The van der Waals surface area contributed by atoms with Crippen LogP contribution < -0.4 is 5.32 Å². The molecule has 0 atom stereocenters. The van der Waals surface area contributed by atoms with Gasteiger partial charge in [0.05, 0.1) is 6.42 Å². The van der Waals surface area contributed by atoms with Crippen molar-refractivity contribution in [3.8, 4) is 0 Å². The summed E-state index contributed by atoms with van der Waals surface area (Å²) in [5.74, 6) is -1.26. The van der Waals surface area contributed by atoms with Crippen molar-refractivity contribution < 1.29 is 19.5 Å². The van der Waals surface area contributed by atoms with Gasteiger partial charge >= 0.3 is 5.97 Å². The lowest BCUT2D eigenvalue weighted by molar-refractivity contribution is -0.138. The summed E-state index contributed by atoms with van der Waals surface area (Å²) in [6.45, 7) is 0. The van der Waals surface area contributed by atoms with Crippen molar-refractivity contribution in [2.45, 2.75) is 32.1 Å². The predicted octanol–water partition coefficient (Wildman–Crippen LogP) is 2.01. The fourth-order valence-corrected chi connectivity index (χ4v) is 2.15. The van der Waals surface area contributed by atoms with Crippen LogP contribution in [0.2, 0.25) is 0 Å². The number of fused-ring (bicyclic) bond motifs is 1. The second kappa shape index (κ2) is 5.65. The number of ketones is 1. The van der Waals surface area contributed by atoms with E-state index in [1.54, 1.807) is 12.1 Å². The van der Waals surface area contributed by atoms with Crippen molar-refractivity contribution in [1.29, 1.82) is 0 Å². The molecule has 5 heteroatoms. The van der Waals surface area contributed by atoms with Gasteiger partial charge in [-0.2, -0.15) is 0 Å². The highest BCUT2D eigenvalue weighted by Gasteiger charge is 2.17. The Morgan fingerprint density at radius 2 is 2.00 bits per heavy atom. The van der Waals surface area contributed by atoms with Crippen LogP contribution in [0, 0.1) is 0 Å². The van der Waals surface area contributed by atoms with Gasteiger partial charge in [-0.25, -0.2) is 0 Å². The minimum Gasteiger partial charge on any atom is -0.481 e. The molecule has 1 amide bonds. The van der Waals surface area contributed by atoms with Gasteiger partial charge in [-0.05, 0) is 30.5 Å². The van der Waals surface area contributed by atoms with E-state index in [9.17, 15) is 14.4 Å². The van der Waals surface area contributed by atoms with Gasteiger partial charge in [0.15, 0.2) is 5.78 Å². The molecule has 1 aromatic rings. The standard InChI is InChI=1S/C14H15NO4/c16-12-3-1-2-9-4-5-10(8-11(9)12)15-13(17)6-7-14(18)19/h4-5,8H,1-3,6-7H2,(H,15,17)(H,18,19). The summed E-state index contributed by atoms with van der Waals surface area (Å²) >= 11 is 0. The van der Waals surface area contributed by atoms with E-state index < -0.39 is 5.97 Å². The summed E-state index contributed by atoms with van der Waals surface area (Å²) < 4.78 is 0. The molecule has 0 radical (unpaired) electrons. The Kier molecular flexibility index (Phi) is 3.94. The van der Waals surface area contributed by atoms with Crippen LogP contribution in [0.4, 0.5) is 5.69 Å². The van der Waals surface area contributed by atoms with Crippen molar-refractivity contribution in [2.75, 3.05) is 5.32 Å². The molecule has 1 aromatic carbocycles. The SMILES string of the molecule is O=C(O)CCC(=O)Nc1ccc2c(c1)C(=O)CCC2. The number of aliphatic carboxylic acids is 1. The zero-order chi connectivity index (χ0) is 13.8. The van der Waals surface area contributed by atoms with Crippen LogP contribution in [0.15, 0.2) is 18.2 Å². The molecule has 2 rings (SSSR count). The molecule has 19 heavy (non-hydrogen) atoms. The maximum atomic E-state index is 11.7. The number of carboxylic acids is 1. The highest BCUT2D eigenvalue weighted by molar-refractivity contribution is 6.00. The Morgan fingerprint density at radius 3 is 2.74 bits per heavy atom. The second-order valence-electron chi connectivity index (χ2n) is 4.59. The van der Waals surface area contributed by atoms with E-state index in [1.165, 1.54) is 0 Å². The van der Waals surface area contributed by atoms with Crippen molar-refractivity contribution in [1.82, 2.24) is 0 Å². The molecule has 0 fully saturated rings. The smallest absolute Gasteiger partial charge is 0.303 e. The van der Waals surface area contributed by atoms with Gasteiger partial charge in [-0.15, -0.1) is 0 Å². The lowest BCUT2D eigenvalue weighted by Gasteiger charge is -2.15. The predicted molar refractivity (Wildman–Crippen MR) is 69.2 cm³/mol. The van der Waals surface area contributed by atoms with Crippen molar-refractivity contribution in [3.63, 3.8) is 0 Å². The Bertz CT molecular complexity index is 536. The molecular weight excluding hydrogens is 246 g/mol. The van der Waals surface area contributed by atoms with Crippen molar-refractivity contribution in [2.24, 2.45) is 0 Å². The Labute approximate surface area is 110 Å². The largest absolute Gasteiger partial charge is 0.481 e. The number of anilines is 1. The lowest BCUT2D eigenvalue weighted by atomic mass is 9.90. The third kappa shape index (κ3) is 3.40. The minimum absolute atomic E-state index is 0.0691. The molecular formula is C14H15NO4. The molecule has 0 bridgehead atoms. The number of aryl methyl sites for hydroxylation is 1. The molecule has 0 heterocycles. The van der Waals surface area contributed by atoms with Gasteiger partial charge < -0.3 is 10.4 Å². The van der Waals surface area contributed by atoms with Crippen LogP contribution in [0.3, 0.4) is 0 Å². The minimum atomic E-state index is -1.00. The van der Waals surface area contributed by atoms with Gasteiger partial charge in [-0.1, -0.05) is 6.07 Å². The summed E-state index contributed by atoms with van der Waals surface area (Å²) in [7, 11) is 0. The number of carboxylic acid groups (broad SMARTS) is 1.